The molecular formula is C10H18FNO3S. The number of carbonyl (C=O) groups excluding carboxylic acids is 1. The Kier molecular flexibility index (Phi) is 4.86. The van der Waals surface area contributed by atoms with E-state index >= 15 is 0 Å². The monoisotopic (exact) mass is 251 g/mol. The Morgan fingerprint density at radius 2 is 2.12 bits per heavy atom. The summed E-state index contributed by atoms with van der Waals surface area (Å²) in [5.74, 6) is -0.601. The number of carbonyl (C=O) groups is 1. The lowest BCUT2D eigenvalue weighted by Gasteiger charge is -2.32. The van der Waals surface area contributed by atoms with E-state index in [4.69, 9.17) is 9.88 Å². The van der Waals surface area contributed by atoms with E-state index in [0.29, 0.717) is 19.4 Å². The molecule has 2 N–H and O–H groups in total. The van der Waals surface area contributed by atoms with Gasteiger partial charge in [0.25, 0.3) is 0 Å². The van der Waals surface area contributed by atoms with Gasteiger partial charge in [0.2, 0.25) is 0 Å². The quantitative estimate of drug-likeness (QED) is 0.760. The van der Waals surface area contributed by atoms with Crippen LogP contribution in [-0.2, 0) is 20.5 Å². The van der Waals surface area contributed by atoms with Crippen LogP contribution in [0.1, 0.15) is 32.6 Å². The van der Waals surface area contributed by atoms with Gasteiger partial charge in [-0.1, -0.05) is 0 Å². The Morgan fingerprint density at radius 1 is 1.56 bits per heavy atom. The summed E-state index contributed by atoms with van der Waals surface area (Å²) >= 11 is 0. The zero-order chi connectivity index (χ0) is 12.2. The van der Waals surface area contributed by atoms with Gasteiger partial charge in [0, 0.05) is 0 Å². The Balaban J connectivity index is 2.44. The van der Waals surface area contributed by atoms with E-state index in [1.165, 1.54) is 0 Å². The van der Waals surface area contributed by atoms with Crippen LogP contribution in [0, 0.1) is 5.92 Å². The maximum Gasteiger partial charge on any atom is 0.308 e. The fraction of sp³-hybridized carbons (Fsp3) is 0.900. The number of ether oxygens (including phenoxy) is 1. The van der Waals surface area contributed by atoms with Crippen molar-refractivity contribution >= 4 is 17.0 Å². The molecule has 1 saturated carbocycles. The van der Waals surface area contributed by atoms with Crippen molar-refractivity contribution < 1.29 is 18.1 Å². The molecule has 0 saturated heterocycles. The first-order valence-corrected chi connectivity index (χ1v) is 6.83. The smallest absolute Gasteiger partial charge is 0.308 e. The zero-order valence-corrected chi connectivity index (χ0v) is 10.2. The first kappa shape index (κ1) is 13.6. The van der Waals surface area contributed by atoms with Crippen molar-refractivity contribution in [1.29, 1.82) is 0 Å². The number of nitrogens with two attached hydrogens (primary N) is 1. The van der Waals surface area contributed by atoms with Gasteiger partial charge in [0.05, 0.1) is 29.3 Å². The molecule has 94 valence electrons. The Hall–Kier alpha value is -0.490. The summed E-state index contributed by atoms with van der Waals surface area (Å²) in [5.41, 5.74) is -1.47. The first-order chi connectivity index (χ1) is 7.47. The van der Waals surface area contributed by atoms with E-state index in [2.05, 4.69) is 0 Å². The van der Waals surface area contributed by atoms with Gasteiger partial charge in [-0.3, -0.25) is 9.93 Å². The lowest BCUT2D eigenvalue weighted by molar-refractivity contribution is -0.150. The van der Waals surface area contributed by atoms with Gasteiger partial charge >= 0.3 is 5.97 Å². The van der Waals surface area contributed by atoms with Crippen molar-refractivity contribution in [2.24, 2.45) is 11.1 Å². The van der Waals surface area contributed by atoms with Crippen molar-refractivity contribution in [2.75, 3.05) is 12.4 Å². The topological polar surface area (TPSA) is 69.4 Å². The standard InChI is InChI=1S/C10H18FNO3S/c1-2-15-9(13)8-3-5-10(11,6-4-8)7-16(12)14/h8H,2-7,12H2,1H3. The van der Waals surface area contributed by atoms with Gasteiger partial charge in [-0.25, -0.2) is 8.60 Å². The molecular weight excluding hydrogens is 233 g/mol. The Morgan fingerprint density at radius 3 is 2.56 bits per heavy atom. The van der Waals surface area contributed by atoms with E-state index in [0.717, 1.165) is 0 Å². The minimum absolute atomic E-state index is 0.136. The fourth-order valence-electron chi connectivity index (χ4n) is 2.03. The summed E-state index contributed by atoms with van der Waals surface area (Å²) in [6, 6.07) is 0. The normalized spacial score (nSPS) is 32.1. The number of halogens is 1. The molecule has 1 aliphatic carbocycles. The molecule has 0 bridgehead atoms. The molecule has 1 atom stereocenters. The molecule has 1 unspecified atom stereocenters. The summed E-state index contributed by atoms with van der Waals surface area (Å²) in [6.07, 6.45) is 1.37. The lowest BCUT2D eigenvalue weighted by Crippen LogP contribution is -2.38. The average molecular weight is 251 g/mol. The largest absolute Gasteiger partial charge is 0.466 e. The molecule has 0 spiro atoms. The van der Waals surface area contributed by atoms with Crippen LogP contribution in [0.3, 0.4) is 0 Å². The van der Waals surface area contributed by atoms with Crippen LogP contribution in [-0.4, -0.2) is 28.2 Å². The number of alkyl halides is 1. The molecule has 0 radical (unpaired) electrons. The van der Waals surface area contributed by atoms with Gasteiger partial charge in [0.1, 0.15) is 5.67 Å². The second-order valence-corrected chi connectivity index (χ2v) is 5.25. The molecule has 0 aromatic heterocycles. The molecule has 1 rings (SSSR count). The third-order valence-corrected chi connectivity index (χ3v) is 3.70. The molecule has 0 heterocycles. The van der Waals surface area contributed by atoms with Crippen molar-refractivity contribution in [2.45, 2.75) is 38.3 Å². The van der Waals surface area contributed by atoms with Gasteiger partial charge in [-0.05, 0) is 32.6 Å². The Labute approximate surface area is 97.3 Å². The van der Waals surface area contributed by atoms with Crippen LogP contribution >= 0.6 is 0 Å². The highest BCUT2D eigenvalue weighted by Crippen LogP contribution is 2.36. The summed E-state index contributed by atoms with van der Waals surface area (Å²) < 4.78 is 29.7. The maximum atomic E-state index is 14.0. The predicted octanol–water partition coefficient (Wildman–Crippen LogP) is 1.07. The van der Waals surface area contributed by atoms with Crippen LogP contribution < -0.4 is 5.14 Å². The third-order valence-electron chi connectivity index (χ3n) is 2.90. The van der Waals surface area contributed by atoms with E-state index in [1.807, 2.05) is 0 Å². The first-order valence-electron chi connectivity index (χ1n) is 5.45. The van der Waals surface area contributed by atoms with Crippen molar-refractivity contribution in [1.82, 2.24) is 0 Å². The molecule has 0 aromatic carbocycles. The minimum Gasteiger partial charge on any atom is -0.466 e. The lowest BCUT2D eigenvalue weighted by atomic mass is 9.81. The summed E-state index contributed by atoms with van der Waals surface area (Å²) in [5, 5.41) is 5.09. The van der Waals surface area contributed by atoms with Crippen molar-refractivity contribution in [3.05, 3.63) is 0 Å². The molecule has 6 heteroatoms. The van der Waals surface area contributed by atoms with Crippen LogP contribution in [0.2, 0.25) is 0 Å². The molecule has 0 aliphatic heterocycles. The minimum atomic E-state index is -1.62. The molecule has 0 amide bonds. The second-order valence-electron chi connectivity index (χ2n) is 4.20. The molecule has 16 heavy (non-hydrogen) atoms. The summed E-state index contributed by atoms with van der Waals surface area (Å²) in [4.78, 5) is 11.4. The number of hydrogen-bond acceptors (Lipinski definition) is 3. The molecule has 1 fully saturated rings. The van der Waals surface area contributed by atoms with Crippen LogP contribution in [0.25, 0.3) is 0 Å². The van der Waals surface area contributed by atoms with E-state index in [-0.39, 0.29) is 30.5 Å². The highest BCUT2D eigenvalue weighted by molar-refractivity contribution is 7.82. The van der Waals surface area contributed by atoms with Gasteiger partial charge in [-0.15, -0.1) is 0 Å². The number of esters is 1. The molecule has 4 nitrogen and oxygen atoms in total. The highest BCUT2D eigenvalue weighted by atomic mass is 32.2. The van der Waals surface area contributed by atoms with Crippen LogP contribution in [0.5, 0.6) is 0 Å². The fourth-order valence-corrected chi connectivity index (χ4v) is 2.83. The van der Waals surface area contributed by atoms with Gasteiger partial charge < -0.3 is 4.74 Å². The number of rotatable bonds is 4. The zero-order valence-electron chi connectivity index (χ0n) is 9.41. The van der Waals surface area contributed by atoms with Gasteiger partial charge in [0.15, 0.2) is 0 Å². The second kappa shape index (κ2) is 5.72. The predicted molar refractivity (Wildman–Crippen MR) is 59.6 cm³/mol. The van der Waals surface area contributed by atoms with Crippen LogP contribution in [0.4, 0.5) is 4.39 Å². The van der Waals surface area contributed by atoms with E-state index in [9.17, 15) is 13.4 Å². The average Bonchev–Trinajstić information content (AvgIpc) is 2.17. The van der Waals surface area contributed by atoms with E-state index in [1.54, 1.807) is 6.92 Å². The van der Waals surface area contributed by atoms with E-state index < -0.39 is 16.7 Å². The molecule has 1 aliphatic rings. The summed E-state index contributed by atoms with van der Waals surface area (Å²) in [6.45, 7) is 2.10. The molecule has 0 aromatic rings. The number of hydrogen-bond donors (Lipinski definition) is 1. The van der Waals surface area contributed by atoms with Crippen molar-refractivity contribution in [3.63, 3.8) is 0 Å². The third kappa shape index (κ3) is 3.83. The van der Waals surface area contributed by atoms with Gasteiger partial charge in [-0.2, -0.15) is 0 Å². The Bertz CT molecular complexity index is 277. The maximum absolute atomic E-state index is 14.0. The summed E-state index contributed by atoms with van der Waals surface area (Å²) in [7, 11) is -1.62. The SMILES string of the molecule is CCOC(=O)C1CCC(F)(CS(N)=O)CC1. The van der Waals surface area contributed by atoms with Crippen molar-refractivity contribution in [3.8, 4) is 0 Å². The van der Waals surface area contributed by atoms with Crippen LogP contribution in [0.15, 0.2) is 0 Å². The highest BCUT2D eigenvalue weighted by Gasteiger charge is 2.38.